The summed E-state index contributed by atoms with van der Waals surface area (Å²) in [5, 5.41) is 9.71. The fourth-order valence-corrected chi connectivity index (χ4v) is 2.34. The molecule has 2 rings (SSSR count). The summed E-state index contributed by atoms with van der Waals surface area (Å²) in [5.41, 5.74) is 0.556. The highest BCUT2D eigenvalue weighted by Crippen LogP contribution is 2.20. The summed E-state index contributed by atoms with van der Waals surface area (Å²) in [4.78, 5) is 28.9. The first-order valence-electron chi connectivity index (χ1n) is 5.59. The van der Waals surface area contributed by atoms with Gasteiger partial charge in [-0.3, -0.25) is 14.5 Å². The molecule has 5 nitrogen and oxygen atoms in total. The Hall–Kier alpha value is -2.21. The Morgan fingerprint density at radius 2 is 2.00 bits per heavy atom. The van der Waals surface area contributed by atoms with Crippen molar-refractivity contribution in [3.63, 3.8) is 0 Å². The third-order valence-electron chi connectivity index (χ3n) is 2.44. The summed E-state index contributed by atoms with van der Waals surface area (Å²) >= 11 is 1.25. The molecule has 1 N–H and O–H groups in total. The summed E-state index contributed by atoms with van der Waals surface area (Å²) in [6, 6.07) is 8.73. The molecule has 1 heterocycles. The van der Waals surface area contributed by atoms with E-state index in [1.165, 1.54) is 22.4 Å². The predicted octanol–water partition coefficient (Wildman–Crippen LogP) is 2.18. The molecule has 0 unspecified atom stereocenters. The largest absolute Gasteiger partial charge is 0.480 e. The highest BCUT2D eigenvalue weighted by molar-refractivity contribution is 7.13. The summed E-state index contributed by atoms with van der Waals surface area (Å²) in [6.07, 6.45) is 1.47. The van der Waals surface area contributed by atoms with E-state index >= 15 is 0 Å². The molecule has 0 aliphatic carbocycles. The number of aliphatic carboxylic acids is 1. The maximum Gasteiger partial charge on any atom is 0.323 e. The van der Waals surface area contributed by atoms with Crippen LogP contribution in [0.3, 0.4) is 0 Å². The number of amides is 1. The number of benzene rings is 1. The van der Waals surface area contributed by atoms with Crippen molar-refractivity contribution in [3.05, 3.63) is 46.4 Å². The molecule has 0 aliphatic rings. The number of thiazole rings is 1. The SMILES string of the molecule is Cc1ncc(C(=O)N(CC(=O)O)c2ccccc2)s1. The van der Waals surface area contributed by atoms with Crippen LogP contribution in [0.4, 0.5) is 5.69 Å². The van der Waals surface area contributed by atoms with Gasteiger partial charge in [0.25, 0.3) is 5.91 Å². The zero-order chi connectivity index (χ0) is 13.8. The van der Waals surface area contributed by atoms with Crippen molar-refractivity contribution in [2.24, 2.45) is 0 Å². The zero-order valence-electron chi connectivity index (χ0n) is 10.2. The Morgan fingerprint density at radius 1 is 1.32 bits per heavy atom. The molecule has 0 spiro atoms. The molecule has 6 heteroatoms. The molecule has 0 aliphatic heterocycles. The lowest BCUT2D eigenvalue weighted by Crippen LogP contribution is -2.35. The lowest BCUT2D eigenvalue weighted by atomic mass is 10.2. The lowest BCUT2D eigenvalue weighted by Gasteiger charge is -2.19. The van der Waals surface area contributed by atoms with Crippen molar-refractivity contribution >= 4 is 28.9 Å². The standard InChI is InChI=1S/C13H12N2O3S/c1-9-14-7-11(19-9)13(18)15(8-12(16)17)10-5-3-2-4-6-10/h2-7H,8H2,1H3,(H,16,17). The van der Waals surface area contributed by atoms with Crippen molar-refractivity contribution < 1.29 is 14.7 Å². The Morgan fingerprint density at radius 3 is 2.53 bits per heavy atom. The van der Waals surface area contributed by atoms with E-state index in [1.54, 1.807) is 31.2 Å². The van der Waals surface area contributed by atoms with Crippen LogP contribution in [0.25, 0.3) is 0 Å². The first-order chi connectivity index (χ1) is 9.08. The predicted molar refractivity (Wildman–Crippen MR) is 72.6 cm³/mol. The number of aromatic nitrogens is 1. The van der Waals surface area contributed by atoms with Crippen LogP contribution in [0.1, 0.15) is 14.7 Å². The molecule has 0 saturated carbocycles. The first-order valence-corrected chi connectivity index (χ1v) is 6.40. The van der Waals surface area contributed by atoms with Crippen LogP contribution in [0, 0.1) is 6.92 Å². The normalized spacial score (nSPS) is 10.2. The highest BCUT2D eigenvalue weighted by Gasteiger charge is 2.21. The van der Waals surface area contributed by atoms with Crippen LogP contribution in [0.5, 0.6) is 0 Å². The van der Waals surface area contributed by atoms with Gasteiger partial charge in [0.1, 0.15) is 11.4 Å². The van der Waals surface area contributed by atoms with Crippen LogP contribution in [0.2, 0.25) is 0 Å². The van der Waals surface area contributed by atoms with Crippen molar-refractivity contribution in [1.29, 1.82) is 0 Å². The van der Waals surface area contributed by atoms with Gasteiger partial charge in [0.2, 0.25) is 0 Å². The van der Waals surface area contributed by atoms with Gasteiger partial charge >= 0.3 is 5.97 Å². The van der Waals surface area contributed by atoms with Gasteiger partial charge < -0.3 is 5.11 Å². The molecule has 0 atom stereocenters. The fraction of sp³-hybridized carbons (Fsp3) is 0.154. The van der Waals surface area contributed by atoms with Gasteiger partial charge in [0.05, 0.1) is 11.2 Å². The van der Waals surface area contributed by atoms with Crippen molar-refractivity contribution in [2.45, 2.75) is 6.92 Å². The van der Waals surface area contributed by atoms with Gasteiger partial charge in [-0.2, -0.15) is 0 Å². The van der Waals surface area contributed by atoms with E-state index < -0.39 is 5.97 Å². The lowest BCUT2D eigenvalue weighted by molar-refractivity contribution is -0.135. The summed E-state index contributed by atoms with van der Waals surface area (Å²) in [5.74, 6) is -1.40. The molecule has 0 fully saturated rings. The van der Waals surface area contributed by atoms with Crippen LogP contribution >= 0.6 is 11.3 Å². The number of nitrogens with zero attached hydrogens (tertiary/aromatic N) is 2. The fourth-order valence-electron chi connectivity index (χ4n) is 1.62. The topological polar surface area (TPSA) is 70.5 Å². The van der Waals surface area contributed by atoms with Gasteiger partial charge in [-0.15, -0.1) is 11.3 Å². The second-order valence-electron chi connectivity index (χ2n) is 3.86. The number of carbonyl (C=O) groups excluding carboxylic acids is 1. The van der Waals surface area contributed by atoms with Gasteiger partial charge in [-0.1, -0.05) is 18.2 Å². The van der Waals surface area contributed by atoms with E-state index in [9.17, 15) is 9.59 Å². The minimum Gasteiger partial charge on any atom is -0.480 e. The Bertz CT molecular complexity index is 595. The zero-order valence-corrected chi connectivity index (χ0v) is 11.1. The molecular formula is C13H12N2O3S. The number of anilines is 1. The van der Waals surface area contributed by atoms with E-state index in [0.29, 0.717) is 10.6 Å². The number of carbonyl (C=O) groups is 2. The van der Waals surface area contributed by atoms with Crippen molar-refractivity contribution in [2.75, 3.05) is 11.4 Å². The molecule has 0 saturated heterocycles. The van der Waals surface area contributed by atoms with Crippen LogP contribution in [-0.4, -0.2) is 28.5 Å². The summed E-state index contributed by atoms with van der Waals surface area (Å²) < 4.78 is 0. The molecule has 1 aromatic heterocycles. The number of hydrogen-bond acceptors (Lipinski definition) is 4. The second-order valence-corrected chi connectivity index (χ2v) is 5.10. The molecule has 0 bridgehead atoms. The minimum absolute atomic E-state index is 0.348. The van der Waals surface area contributed by atoms with Gasteiger partial charge in [0.15, 0.2) is 0 Å². The van der Waals surface area contributed by atoms with Crippen molar-refractivity contribution in [3.8, 4) is 0 Å². The second kappa shape index (κ2) is 5.62. The molecule has 98 valence electrons. The molecule has 0 radical (unpaired) electrons. The van der Waals surface area contributed by atoms with E-state index in [-0.39, 0.29) is 12.5 Å². The van der Waals surface area contributed by atoms with E-state index in [2.05, 4.69) is 4.98 Å². The molecule has 2 aromatic rings. The molecule has 19 heavy (non-hydrogen) atoms. The summed E-state index contributed by atoms with van der Waals surface area (Å²) in [6.45, 7) is 1.42. The number of para-hydroxylation sites is 1. The van der Waals surface area contributed by atoms with E-state index in [0.717, 1.165) is 5.01 Å². The van der Waals surface area contributed by atoms with Crippen molar-refractivity contribution in [1.82, 2.24) is 4.98 Å². The monoisotopic (exact) mass is 276 g/mol. The average molecular weight is 276 g/mol. The maximum absolute atomic E-state index is 12.3. The van der Waals surface area contributed by atoms with Crippen LogP contribution in [-0.2, 0) is 4.79 Å². The van der Waals surface area contributed by atoms with Gasteiger partial charge in [-0.05, 0) is 19.1 Å². The smallest absolute Gasteiger partial charge is 0.323 e. The molecular weight excluding hydrogens is 264 g/mol. The quantitative estimate of drug-likeness (QED) is 0.929. The van der Waals surface area contributed by atoms with E-state index in [1.807, 2.05) is 6.07 Å². The first kappa shape index (κ1) is 13.2. The molecule has 1 amide bonds. The number of carboxylic acids is 1. The number of aryl methyl sites for hydroxylation is 1. The molecule has 1 aromatic carbocycles. The number of rotatable bonds is 4. The third kappa shape index (κ3) is 3.17. The minimum atomic E-state index is -1.06. The Labute approximate surface area is 114 Å². The van der Waals surface area contributed by atoms with Gasteiger partial charge in [0, 0.05) is 5.69 Å². The number of hydrogen-bond donors (Lipinski definition) is 1. The Kier molecular flexibility index (Phi) is 3.91. The van der Waals surface area contributed by atoms with E-state index in [4.69, 9.17) is 5.11 Å². The highest BCUT2D eigenvalue weighted by atomic mass is 32.1. The summed E-state index contributed by atoms with van der Waals surface area (Å²) in [7, 11) is 0. The third-order valence-corrected chi connectivity index (χ3v) is 3.34. The van der Waals surface area contributed by atoms with Crippen LogP contribution < -0.4 is 4.90 Å². The van der Waals surface area contributed by atoms with Gasteiger partial charge in [-0.25, -0.2) is 4.98 Å². The number of carboxylic acid groups (broad SMARTS) is 1. The van der Waals surface area contributed by atoms with Crippen LogP contribution in [0.15, 0.2) is 36.5 Å². The average Bonchev–Trinajstić information content (AvgIpc) is 2.83. The maximum atomic E-state index is 12.3. The Balaban J connectivity index is 2.33.